The Morgan fingerprint density at radius 1 is 1.04 bits per heavy atom. The zero-order chi connectivity index (χ0) is 19.2. The molecule has 8 nitrogen and oxygen atoms in total. The van der Waals surface area contributed by atoms with Crippen molar-refractivity contribution in [3.8, 4) is 11.4 Å². The fraction of sp³-hybridized carbons (Fsp3) is 0.350. The smallest absolute Gasteiger partial charge is 0.287 e. The van der Waals surface area contributed by atoms with Crippen LogP contribution >= 0.6 is 0 Å². The number of hydrogen-bond acceptors (Lipinski definition) is 7. The quantitative estimate of drug-likeness (QED) is 0.668. The molecule has 0 aliphatic carbocycles. The lowest BCUT2D eigenvalue weighted by Crippen LogP contribution is -2.48. The molecule has 2 aromatic heterocycles. The molecule has 0 unspecified atom stereocenters. The first-order chi connectivity index (χ1) is 13.8. The number of aromatic nitrogens is 2. The Kier molecular flexibility index (Phi) is 5.79. The molecule has 1 aromatic carbocycles. The molecule has 4 rings (SSSR count). The molecule has 3 aromatic rings. The van der Waals surface area contributed by atoms with E-state index in [4.69, 9.17) is 8.94 Å². The second-order valence-corrected chi connectivity index (χ2v) is 6.73. The van der Waals surface area contributed by atoms with Crippen LogP contribution in [0.2, 0.25) is 0 Å². The number of hydrogen-bond donors (Lipinski definition) is 1. The summed E-state index contributed by atoms with van der Waals surface area (Å²) in [5.74, 6) is 1.44. The number of nitrogens with zero attached hydrogens (tertiary/aromatic N) is 4. The second kappa shape index (κ2) is 8.81. The zero-order valence-corrected chi connectivity index (χ0v) is 15.6. The van der Waals surface area contributed by atoms with Crippen molar-refractivity contribution >= 4 is 5.91 Å². The van der Waals surface area contributed by atoms with E-state index in [1.54, 1.807) is 12.1 Å². The Morgan fingerprint density at radius 2 is 1.82 bits per heavy atom. The van der Waals surface area contributed by atoms with Gasteiger partial charge in [-0.25, -0.2) is 0 Å². The second-order valence-electron chi connectivity index (χ2n) is 6.73. The summed E-state index contributed by atoms with van der Waals surface area (Å²) in [5.41, 5.74) is 0.957. The highest BCUT2D eigenvalue weighted by atomic mass is 16.5. The van der Waals surface area contributed by atoms with E-state index in [0.29, 0.717) is 30.6 Å². The van der Waals surface area contributed by atoms with Crippen molar-refractivity contribution < 1.29 is 13.7 Å². The summed E-state index contributed by atoms with van der Waals surface area (Å²) in [7, 11) is 0. The Morgan fingerprint density at radius 3 is 2.57 bits per heavy atom. The summed E-state index contributed by atoms with van der Waals surface area (Å²) in [6, 6.07) is 13.2. The van der Waals surface area contributed by atoms with Crippen molar-refractivity contribution in [2.75, 3.05) is 39.3 Å². The Labute approximate surface area is 163 Å². The standard InChI is InChI=1S/C20H23N5O3/c26-20(17-7-4-14-27-17)21-8-9-24-10-12-25(13-11-24)15-18-22-19(23-28-18)16-5-2-1-3-6-16/h1-7,14H,8-13,15H2,(H,21,26). The minimum atomic E-state index is -0.172. The lowest BCUT2D eigenvalue weighted by Gasteiger charge is -2.33. The van der Waals surface area contributed by atoms with Crippen molar-refractivity contribution in [2.45, 2.75) is 6.54 Å². The van der Waals surface area contributed by atoms with Crippen LogP contribution in [0.4, 0.5) is 0 Å². The van der Waals surface area contributed by atoms with Crippen molar-refractivity contribution in [3.63, 3.8) is 0 Å². The average molecular weight is 381 g/mol. The van der Waals surface area contributed by atoms with E-state index in [2.05, 4.69) is 25.3 Å². The summed E-state index contributed by atoms with van der Waals surface area (Å²) in [5, 5.41) is 6.95. The Balaban J connectivity index is 1.18. The van der Waals surface area contributed by atoms with E-state index in [0.717, 1.165) is 38.3 Å². The minimum absolute atomic E-state index is 0.172. The molecular formula is C20H23N5O3. The van der Waals surface area contributed by atoms with Gasteiger partial charge in [-0.15, -0.1) is 0 Å². The number of carbonyl (C=O) groups excluding carboxylic acids is 1. The normalized spacial score (nSPS) is 15.6. The summed E-state index contributed by atoms with van der Waals surface area (Å²) in [6.45, 7) is 5.81. The SMILES string of the molecule is O=C(NCCN1CCN(Cc2nc(-c3ccccc3)no2)CC1)c1ccco1. The molecule has 0 saturated carbocycles. The molecule has 1 amide bonds. The molecule has 28 heavy (non-hydrogen) atoms. The topological polar surface area (TPSA) is 87.6 Å². The Hall–Kier alpha value is -2.97. The molecule has 8 heteroatoms. The third-order valence-electron chi connectivity index (χ3n) is 4.78. The van der Waals surface area contributed by atoms with Gasteiger partial charge in [-0.1, -0.05) is 35.5 Å². The maximum atomic E-state index is 11.9. The van der Waals surface area contributed by atoms with Gasteiger partial charge in [0.05, 0.1) is 12.8 Å². The van der Waals surface area contributed by atoms with Gasteiger partial charge in [-0.05, 0) is 12.1 Å². The highest BCUT2D eigenvalue weighted by molar-refractivity contribution is 5.91. The van der Waals surface area contributed by atoms with E-state index in [-0.39, 0.29) is 5.91 Å². The predicted octanol–water partition coefficient (Wildman–Crippen LogP) is 1.88. The molecule has 1 aliphatic heterocycles. The first-order valence-corrected chi connectivity index (χ1v) is 9.42. The number of amides is 1. The molecule has 146 valence electrons. The lowest BCUT2D eigenvalue weighted by atomic mass is 10.2. The van der Waals surface area contributed by atoms with Crippen LogP contribution in [0.5, 0.6) is 0 Å². The van der Waals surface area contributed by atoms with Crippen LogP contribution in [-0.2, 0) is 6.54 Å². The van der Waals surface area contributed by atoms with Crippen LogP contribution in [-0.4, -0.2) is 65.1 Å². The summed E-state index contributed by atoms with van der Waals surface area (Å²) in [6.07, 6.45) is 1.50. The van der Waals surface area contributed by atoms with Gasteiger partial charge in [-0.3, -0.25) is 14.6 Å². The van der Waals surface area contributed by atoms with E-state index in [9.17, 15) is 4.79 Å². The predicted molar refractivity (Wildman–Crippen MR) is 102 cm³/mol. The summed E-state index contributed by atoms with van der Waals surface area (Å²) < 4.78 is 10.5. The molecule has 3 heterocycles. The molecule has 0 atom stereocenters. The first kappa shape index (κ1) is 18.4. The molecule has 1 saturated heterocycles. The largest absolute Gasteiger partial charge is 0.459 e. The fourth-order valence-corrected chi connectivity index (χ4v) is 3.21. The number of furan rings is 1. The monoisotopic (exact) mass is 381 g/mol. The van der Waals surface area contributed by atoms with Crippen molar-refractivity contribution in [1.82, 2.24) is 25.3 Å². The van der Waals surface area contributed by atoms with E-state index in [1.807, 2.05) is 30.3 Å². The molecule has 1 fully saturated rings. The van der Waals surface area contributed by atoms with Crippen molar-refractivity contribution in [2.24, 2.45) is 0 Å². The van der Waals surface area contributed by atoms with Gasteiger partial charge >= 0.3 is 0 Å². The molecule has 0 bridgehead atoms. The lowest BCUT2D eigenvalue weighted by molar-refractivity contribution is 0.0902. The zero-order valence-electron chi connectivity index (χ0n) is 15.6. The number of rotatable bonds is 7. The highest BCUT2D eigenvalue weighted by Gasteiger charge is 2.19. The van der Waals surface area contributed by atoms with Crippen LogP contribution in [0.15, 0.2) is 57.7 Å². The molecule has 1 N–H and O–H groups in total. The minimum Gasteiger partial charge on any atom is -0.459 e. The van der Waals surface area contributed by atoms with Gasteiger partial charge < -0.3 is 14.3 Å². The van der Waals surface area contributed by atoms with Gasteiger partial charge in [-0.2, -0.15) is 4.98 Å². The molecular weight excluding hydrogens is 358 g/mol. The highest BCUT2D eigenvalue weighted by Crippen LogP contribution is 2.16. The molecule has 0 spiro atoms. The summed E-state index contributed by atoms with van der Waals surface area (Å²) in [4.78, 5) is 21.0. The van der Waals surface area contributed by atoms with Crippen LogP contribution in [0.1, 0.15) is 16.4 Å². The van der Waals surface area contributed by atoms with Crippen molar-refractivity contribution in [1.29, 1.82) is 0 Å². The number of benzene rings is 1. The van der Waals surface area contributed by atoms with Crippen LogP contribution in [0.25, 0.3) is 11.4 Å². The van der Waals surface area contributed by atoms with Gasteiger partial charge in [0.2, 0.25) is 11.7 Å². The maximum absolute atomic E-state index is 11.9. The maximum Gasteiger partial charge on any atom is 0.287 e. The van der Waals surface area contributed by atoms with Gasteiger partial charge in [0.25, 0.3) is 5.91 Å². The summed E-state index contributed by atoms with van der Waals surface area (Å²) >= 11 is 0. The third kappa shape index (κ3) is 4.65. The van der Waals surface area contributed by atoms with E-state index < -0.39 is 0 Å². The Bertz CT molecular complexity index is 870. The number of piperazine rings is 1. The van der Waals surface area contributed by atoms with Gasteiger partial charge in [0, 0.05) is 44.8 Å². The molecule has 0 radical (unpaired) electrons. The first-order valence-electron chi connectivity index (χ1n) is 9.42. The van der Waals surface area contributed by atoms with E-state index >= 15 is 0 Å². The number of nitrogens with one attached hydrogen (secondary N) is 1. The van der Waals surface area contributed by atoms with Crippen molar-refractivity contribution in [3.05, 3.63) is 60.4 Å². The third-order valence-corrected chi connectivity index (χ3v) is 4.78. The van der Waals surface area contributed by atoms with Crippen LogP contribution in [0.3, 0.4) is 0 Å². The van der Waals surface area contributed by atoms with Gasteiger partial charge in [0.1, 0.15) is 0 Å². The van der Waals surface area contributed by atoms with Crippen LogP contribution < -0.4 is 5.32 Å². The fourth-order valence-electron chi connectivity index (χ4n) is 3.21. The average Bonchev–Trinajstić information content (AvgIpc) is 3.42. The molecule has 1 aliphatic rings. The van der Waals surface area contributed by atoms with Gasteiger partial charge in [0.15, 0.2) is 5.76 Å². The van der Waals surface area contributed by atoms with Crippen LogP contribution in [0, 0.1) is 0 Å². The van der Waals surface area contributed by atoms with E-state index in [1.165, 1.54) is 6.26 Å². The number of carbonyl (C=O) groups is 1.